The topological polar surface area (TPSA) is 21.3 Å². The molecule has 0 aromatic heterocycles. The Bertz CT molecular complexity index is 279. The maximum atomic E-state index is 5.61. The largest absolute Gasteiger partial charge is 0.494 e. The van der Waals surface area contributed by atoms with Gasteiger partial charge in [-0.2, -0.15) is 0 Å². The van der Waals surface area contributed by atoms with Crippen LogP contribution >= 0.6 is 0 Å². The van der Waals surface area contributed by atoms with Gasteiger partial charge in [0, 0.05) is 12.6 Å². The zero-order valence-electron chi connectivity index (χ0n) is 10.6. The number of ether oxygens (including phenoxy) is 1. The molecule has 2 heteroatoms. The number of hydrogen-bond acceptors (Lipinski definition) is 2. The number of benzene rings is 1. The van der Waals surface area contributed by atoms with Crippen LogP contribution in [0.5, 0.6) is 5.75 Å². The van der Waals surface area contributed by atoms with Crippen LogP contribution in [-0.2, 0) is 6.54 Å². The van der Waals surface area contributed by atoms with E-state index in [4.69, 9.17) is 4.74 Å². The molecule has 0 radical (unpaired) electrons. The van der Waals surface area contributed by atoms with E-state index in [0.717, 1.165) is 25.3 Å². The number of nitrogens with one attached hydrogen (secondary N) is 1. The summed E-state index contributed by atoms with van der Waals surface area (Å²) in [7, 11) is 0. The zero-order chi connectivity index (χ0) is 11.8. The Morgan fingerprint density at radius 3 is 2.44 bits per heavy atom. The monoisotopic (exact) mass is 221 g/mol. The molecule has 0 bridgehead atoms. The normalized spacial score (nSPS) is 10.8. The lowest BCUT2D eigenvalue weighted by Crippen LogP contribution is -2.21. The first-order valence-corrected chi connectivity index (χ1v) is 6.17. The highest BCUT2D eigenvalue weighted by molar-refractivity contribution is 5.27. The number of hydrogen-bond donors (Lipinski definition) is 1. The summed E-state index contributed by atoms with van der Waals surface area (Å²) in [5.74, 6) is 0.974. The molecule has 0 saturated heterocycles. The van der Waals surface area contributed by atoms with Crippen molar-refractivity contribution in [3.63, 3.8) is 0 Å². The molecule has 90 valence electrons. The number of rotatable bonds is 7. The summed E-state index contributed by atoms with van der Waals surface area (Å²) < 4.78 is 5.61. The first kappa shape index (κ1) is 13.0. The Morgan fingerprint density at radius 2 is 1.88 bits per heavy atom. The molecule has 1 N–H and O–H groups in total. The first-order valence-electron chi connectivity index (χ1n) is 6.17. The highest BCUT2D eigenvalue weighted by atomic mass is 16.5. The van der Waals surface area contributed by atoms with Crippen molar-refractivity contribution in [1.82, 2.24) is 5.32 Å². The molecule has 0 fully saturated rings. The molecule has 2 nitrogen and oxygen atoms in total. The molecule has 1 aromatic rings. The molecule has 0 aliphatic heterocycles. The predicted molar refractivity (Wildman–Crippen MR) is 68.8 cm³/mol. The zero-order valence-corrected chi connectivity index (χ0v) is 10.6. The minimum atomic E-state index is 0.528. The Balaban J connectivity index is 2.35. The first-order chi connectivity index (χ1) is 7.72. The van der Waals surface area contributed by atoms with Crippen LogP contribution in [0.3, 0.4) is 0 Å². The van der Waals surface area contributed by atoms with Crippen LogP contribution in [0, 0.1) is 0 Å². The molecule has 0 spiro atoms. The highest BCUT2D eigenvalue weighted by Crippen LogP contribution is 2.12. The maximum absolute atomic E-state index is 5.61. The summed E-state index contributed by atoms with van der Waals surface area (Å²) in [4.78, 5) is 0. The van der Waals surface area contributed by atoms with Gasteiger partial charge in [0.1, 0.15) is 5.75 Å². The fourth-order valence-electron chi connectivity index (χ4n) is 1.36. The molecule has 0 unspecified atom stereocenters. The summed E-state index contributed by atoms with van der Waals surface area (Å²) in [6, 6.07) is 8.87. The van der Waals surface area contributed by atoms with Gasteiger partial charge in [0.05, 0.1) is 6.61 Å². The van der Waals surface area contributed by atoms with Gasteiger partial charge in [-0.15, -0.1) is 0 Å². The third-order valence-electron chi connectivity index (χ3n) is 2.40. The lowest BCUT2D eigenvalue weighted by atomic mass is 10.2. The van der Waals surface area contributed by atoms with Gasteiger partial charge in [0.15, 0.2) is 0 Å². The Hall–Kier alpha value is -1.02. The summed E-state index contributed by atoms with van der Waals surface area (Å²) in [6.45, 7) is 8.22. The van der Waals surface area contributed by atoms with Crippen molar-refractivity contribution in [2.45, 2.75) is 46.2 Å². The molecule has 0 saturated carbocycles. The van der Waals surface area contributed by atoms with E-state index in [2.05, 4.69) is 38.2 Å². The van der Waals surface area contributed by atoms with Crippen molar-refractivity contribution in [1.29, 1.82) is 0 Å². The van der Waals surface area contributed by atoms with Gasteiger partial charge < -0.3 is 10.1 Å². The number of unbranched alkanes of at least 4 members (excludes halogenated alkanes) is 1. The third kappa shape index (κ3) is 5.17. The second-order valence-electron chi connectivity index (χ2n) is 4.38. The van der Waals surface area contributed by atoms with Crippen LogP contribution in [0.15, 0.2) is 24.3 Å². The highest BCUT2D eigenvalue weighted by Gasteiger charge is 1.96. The van der Waals surface area contributed by atoms with Crippen molar-refractivity contribution >= 4 is 0 Å². The van der Waals surface area contributed by atoms with E-state index in [0.29, 0.717) is 6.04 Å². The van der Waals surface area contributed by atoms with Gasteiger partial charge in [-0.1, -0.05) is 39.3 Å². The third-order valence-corrected chi connectivity index (χ3v) is 2.40. The lowest BCUT2D eigenvalue weighted by Gasteiger charge is -2.09. The molecule has 0 heterocycles. The molecule has 0 aliphatic rings. The molecular formula is C14H23NO. The van der Waals surface area contributed by atoms with E-state index >= 15 is 0 Å². The van der Waals surface area contributed by atoms with Gasteiger partial charge in [-0.05, 0) is 24.1 Å². The van der Waals surface area contributed by atoms with Gasteiger partial charge in [0.2, 0.25) is 0 Å². The molecule has 1 rings (SSSR count). The van der Waals surface area contributed by atoms with Crippen LogP contribution in [0.4, 0.5) is 0 Å². The standard InChI is InChI=1S/C14H23NO/c1-4-5-10-16-14-8-6-13(7-9-14)11-15-12(2)3/h6-9,12,15H,4-5,10-11H2,1-3H3. The van der Waals surface area contributed by atoms with E-state index in [1.807, 2.05) is 12.1 Å². The van der Waals surface area contributed by atoms with Crippen molar-refractivity contribution < 1.29 is 4.74 Å². The van der Waals surface area contributed by atoms with Crippen LogP contribution in [-0.4, -0.2) is 12.6 Å². The van der Waals surface area contributed by atoms with Gasteiger partial charge in [0.25, 0.3) is 0 Å². The van der Waals surface area contributed by atoms with Crippen LogP contribution in [0.1, 0.15) is 39.2 Å². The van der Waals surface area contributed by atoms with E-state index in [1.165, 1.54) is 12.0 Å². The average molecular weight is 221 g/mol. The van der Waals surface area contributed by atoms with Crippen molar-refractivity contribution in [3.05, 3.63) is 29.8 Å². The Labute approximate surface area is 99.0 Å². The van der Waals surface area contributed by atoms with E-state index in [1.54, 1.807) is 0 Å². The van der Waals surface area contributed by atoms with Crippen LogP contribution in [0.2, 0.25) is 0 Å². The van der Waals surface area contributed by atoms with E-state index in [9.17, 15) is 0 Å². The molecule has 0 aliphatic carbocycles. The fourth-order valence-corrected chi connectivity index (χ4v) is 1.36. The quantitative estimate of drug-likeness (QED) is 0.713. The predicted octanol–water partition coefficient (Wildman–Crippen LogP) is 3.36. The molecule has 1 aromatic carbocycles. The lowest BCUT2D eigenvalue weighted by molar-refractivity contribution is 0.309. The molecular weight excluding hydrogens is 198 g/mol. The summed E-state index contributed by atoms with van der Waals surface area (Å²) in [5, 5.41) is 3.39. The van der Waals surface area contributed by atoms with Gasteiger partial charge in [-0.3, -0.25) is 0 Å². The van der Waals surface area contributed by atoms with Crippen LogP contribution < -0.4 is 10.1 Å². The van der Waals surface area contributed by atoms with E-state index in [-0.39, 0.29) is 0 Å². The minimum absolute atomic E-state index is 0.528. The van der Waals surface area contributed by atoms with E-state index < -0.39 is 0 Å². The SMILES string of the molecule is CCCCOc1ccc(CNC(C)C)cc1. The summed E-state index contributed by atoms with van der Waals surface area (Å²) in [6.07, 6.45) is 2.30. The maximum Gasteiger partial charge on any atom is 0.119 e. The van der Waals surface area contributed by atoms with Crippen molar-refractivity contribution in [2.24, 2.45) is 0 Å². The van der Waals surface area contributed by atoms with Crippen molar-refractivity contribution in [2.75, 3.05) is 6.61 Å². The average Bonchev–Trinajstić information content (AvgIpc) is 2.28. The van der Waals surface area contributed by atoms with Gasteiger partial charge >= 0.3 is 0 Å². The second kappa shape index (κ2) is 7.29. The fraction of sp³-hybridized carbons (Fsp3) is 0.571. The van der Waals surface area contributed by atoms with Gasteiger partial charge in [-0.25, -0.2) is 0 Å². The molecule has 0 amide bonds. The second-order valence-corrected chi connectivity index (χ2v) is 4.38. The Kier molecular flexibility index (Phi) is 5.94. The van der Waals surface area contributed by atoms with Crippen molar-refractivity contribution in [3.8, 4) is 5.75 Å². The molecule has 0 atom stereocenters. The molecule has 16 heavy (non-hydrogen) atoms. The van der Waals surface area contributed by atoms with Crippen LogP contribution in [0.25, 0.3) is 0 Å². The Morgan fingerprint density at radius 1 is 1.19 bits per heavy atom. The minimum Gasteiger partial charge on any atom is -0.494 e. The smallest absolute Gasteiger partial charge is 0.119 e. The summed E-state index contributed by atoms with van der Waals surface area (Å²) in [5.41, 5.74) is 1.30. The summed E-state index contributed by atoms with van der Waals surface area (Å²) >= 11 is 0.